The van der Waals surface area contributed by atoms with E-state index in [9.17, 15) is 4.79 Å². The second-order valence-corrected chi connectivity index (χ2v) is 5.26. The molecule has 0 atom stereocenters. The Labute approximate surface area is 142 Å². The van der Waals surface area contributed by atoms with Gasteiger partial charge < -0.3 is 19.5 Å². The lowest BCUT2D eigenvalue weighted by Gasteiger charge is -2.12. The molecule has 2 rings (SSSR count). The van der Waals surface area contributed by atoms with Crippen LogP contribution in [0.4, 0.5) is 5.69 Å². The average molecular weight is 329 g/mol. The SMILES string of the molecule is CCOc1ccc(NC(=O)CCOc2ccc(C)cc2)cc1OC. The van der Waals surface area contributed by atoms with Crippen LogP contribution in [0.5, 0.6) is 17.2 Å². The highest BCUT2D eigenvalue weighted by atomic mass is 16.5. The third kappa shape index (κ3) is 5.19. The first kappa shape index (κ1) is 17.7. The van der Waals surface area contributed by atoms with Crippen LogP contribution in [0.1, 0.15) is 18.9 Å². The molecule has 24 heavy (non-hydrogen) atoms. The molecule has 0 fully saturated rings. The molecule has 0 unspecified atom stereocenters. The lowest BCUT2D eigenvalue weighted by molar-refractivity contribution is -0.116. The maximum absolute atomic E-state index is 12.0. The van der Waals surface area contributed by atoms with Crippen molar-refractivity contribution >= 4 is 11.6 Å². The minimum Gasteiger partial charge on any atom is -0.493 e. The van der Waals surface area contributed by atoms with E-state index < -0.39 is 0 Å². The van der Waals surface area contributed by atoms with Gasteiger partial charge in [-0.2, -0.15) is 0 Å². The molecule has 5 heteroatoms. The molecule has 0 aliphatic carbocycles. The molecule has 0 aliphatic heterocycles. The van der Waals surface area contributed by atoms with Crippen molar-refractivity contribution in [2.24, 2.45) is 0 Å². The van der Waals surface area contributed by atoms with Gasteiger partial charge in [0.15, 0.2) is 11.5 Å². The van der Waals surface area contributed by atoms with Crippen LogP contribution in [0, 0.1) is 6.92 Å². The summed E-state index contributed by atoms with van der Waals surface area (Å²) >= 11 is 0. The Kier molecular flexibility index (Phi) is 6.49. The second-order valence-electron chi connectivity index (χ2n) is 5.26. The largest absolute Gasteiger partial charge is 0.493 e. The van der Waals surface area contributed by atoms with Gasteiger partial charge in [-0.1, -0.05) is 17.7 Å². The van der Waals surface area contributed by atoms with Gasteiger partial charge in [0, 0.05) is 11.8 Å². The topological polar surface area (TPSA) is 56.8 Å². The van der Waals surface area contributed by atoms with Crippen LogP contribution < -0.4 is 19.5 Å². The van der Waals surface area contributed by atoms with Crippen LogP contribution in [0.3, 0.4) is 0 Å². The molecule has 0 spiro atoms. The Morgan fingerprint density at radius 1 is 1.04 bits per heavy atom. The van der Waals surface area contributed by atoms with E-state index in [-0.39, 0.29) is 12.3 Å². The highest BCUT2D eigenvalue weighted by Gasteiger charge is 2.08. The average Bonchev–Trinajstić information content (AvgIpc) is 2.58. The number of hydrogen-bond donors (Lipinski definition) is 1. The molecule has 0 aliphatic rings. The smallest absolute Gasteiger partial charge is 0.227 e. The molecule has 5 nitrogen and oxygen atoms in total. The normalized spacial score (nSPS) is 10.1. The highest BCUT2D eigenvalue weighted by molar-refractivity contribution is 5.91. The van der Waals surface area contributed by atoms with E-state index in [0.29, 0.717) is 30.4 Å². The molecule has 0 saturated carbocycles. The third-order valence-electron chi connectivity index (χ3n) is 3.37. The fourth-order valence-electron chi connectivity index (χ4n) is 2.14. The second kappa shape index (κ2) is 8.82. The summed E-state index contributed by atoms with van der Waals surface area (Å²) < 4.78 is 16.3. The van der Waals surface area contributed by atoms with E-state index in [1.807, 2.05) is 38.1 Å². The highest BCUT2D eigenvalue weighted by Crippen LogP contribution is 2.30. The van der Waals surface area contributed by atoms with Crippen molar-refractivity contribution in [3.8, 4) is 17.2 Å². The van der Waals surface area contributed by atoms with Gasteiger partial charge >= 0.3 is 0 Å². The number of carbonyl (C=O) groups is 1. The number of rotatable bonds is 8. The third-order valence-corrected chi connectivity index (χ3v) is 3.37. The summed E-state index contributed by atoms with van der Waals surface area (Å²) in [7, 11) is 1.57. The summed E-state index contributed by atoms with van der Waals surface area (Å²) in [6.07, 6.45) is 0.267. The number of methoxy groups -OCH3 is 1. The molecular weight excluding hydrogens is 306 g/mol. The monoisotopic (exact) mass is 329 g/mol. The zero-order valence-corrected chi connectivity index (χ0v) is 14.3. The summed E-state index contributed by atoms with van der Waals surface area (Å²) in [5, 5.41) is 2.83. The maximum Gasteiger partial charge on any atom is 0.227 e. The van der Waals surface area contributed by atoms with Gasteiger partial charge in [-0.25, -0.2) is 0 Å². The number of carbonyl (C=O) groups excluding carboxylic acids is 1. The Morgan fingerprint density at radius 2 is 1.79 bits per heavy atom. The molecule has 1 amide bonds. The van der Waals surface area contributed by atoms with E-state index in [0.717, 1.165) is 5.75 Å². The quantitative estimate of drug-likeness (QED) is 0.800. The molecule has 128 valence electrons. The van der Waals surface area contributed by atoms with Gasteiger partial charge in [-0.3, -0.25) is 4.79 Å². The van der Waals surface area contributed by atoms with Gasteiger partial charge in [0.25, 0.3) is 0 Å². The van der Waals surface area contributed by atoms with Gasteiger partial charge in [0.2, 0.25) is 5.91 Å². The number of amides is 1. The summed E-state index contributed by atoms with van der Waals surface area (Å²) in [5.74, 6) is 1.88. The number of nitrogens with one attached hydrogen (secondary N) is 1. The van der Waals surface area contributed by atoms with Crippen molar-refractivity contribution in [1.29, 1.82) is 0 Å². The minimum atomic E-state index is -0.117. The van der Waals surface area contributed by atoms with Crippen LogP contribution >= 0.6 is 0 Å². The van der Waals surface area contributed by atoms with Crippen molar-refractivity contribution in [2.45, 2.75) is 20.3 Å². The zero-order chi connectivity index (χ0) is 17.4. The molecule has 0 aromatic heterocycles. The van der Waals surface area contributed by atoms with Crippen molar-refractivity contribution in [2.75, 3.05) is 25.6 Å². The Hall–Kier alpha value is -2.69. The van der Waals surface area contributed by atoms with E-state index >= 15 is 0 Å². The first-order valence-corrected chi connectivity index (χ1v) is 7.92. The van der Waals surface area contributed by atoms with Crippen molar-refractivity contribution in [3.63, 3.8) is 0 Å². The van der Waals surface area contributed by atoms with E-state index in [1.165, 1.54) is 5.56 Å². The Morgan fingerprint density at radius 3 is 2.46 bits per heavy atom. The predicted octanol–water partition coefficient (Wildman–Crippen LogP) is 3.81. The van der Waals surface area contributed by atoms with E-state index in [4.69, 9.17) is 14.2 Å². The van der Waals surface area contributed by atoms with Crippen LogP contribution in [0.15, 0.2) is 42.5 Å². The molecule has 2 aromatic carbocycles. The van der Waals surface area contributed by atoms with Crippen molar-refractivity contribution in [1.82, 2.24) is 0 Å². The van der Waals surface area contributed by atoms with Gasteiger partial charge in [0.1, 0.15) is 5.75 Å². The van der Waals surface area contributed by atoms with E-state index in [1.54, 1.807) is 25.3 Å². The number of ether oxygens (including phenoxy) is 3. The fourth-order valence-corrected chi connectivity index (χ4v) is 2.14. The molecular formula is C19H23NO4. The standard InChI is InChI=1S/C19H23NO4/c1-4-23-17-10-7-15(13-18(17)22-3)20-19(21)11-12-24-16-8-5-14(2)6-9-16/h5-10,13H,4,11-12H2,1-3H3,(H,20,21). The first-order valence-electron chi connectivity index (χ1n) is 7.92. The van der Waals surface area contributed by atoms with E-state index in [2.05, 4.69) is 5.32 Å². The molecule has 2 aromatic rings. The van der Waals surface area contributed by atoms with Crippen LogP contribution in [-0.2, 0) is 4.79 Å². The van der Waals surface area contributed by atoms with Crippen LogP contribution in [0.2, 0.25) is 0 Å². The van der Waals surface area contributed by atoms with Crippen LogP contribution in [-0.4, -0.2) is 26.2 Å². The van der Waals surface area contributed by atoms with Gasteiger partial charge in [-0.05, 0) is 38.1 Å². The van der Waals surface area contributed by atoms with Crippen molar-refractivity contribution in [3.05, 3.63) is 48.0 Å². The zero-order valence-electron chi connectivity index (χ0n) is 14.3. The fraction of sp³-hybridized carbons (Fsp3) is 0.316. The van der Waals surface area contributed by atoms with Crippen LogP contribution in [0.25, 0.3) is 0 Å². The molecule has 0 heterocycles. The number of benzene rings is 2. The number of anilines is 1. The summed E-state index contributed by atoms with van der Waals surface area (Å²) in [6, 6.07) is 13.0. The maximum atomic E-state index is 12.0. The molecule has 0 radical (unpaired) electrons. The van der Waals surface area contributed by atoms with Crippen molar-refractivity contribution < 1.29 is 19.0 Å². The summed E-state index contributed by atoms with van der Waals surface area (Å²) in [6.45, 7) is 4.80. The summed E-state index contributed by atoms with van der Waals surface area (Å²) in [5.41, 5.74) is 1.83. The predicted molar refractivity (Wildman–Crippen MR) is 94.1 cm³/mol. The molecule has 0 bridgehead atoms. The summed E-state index contributed by atoms with van der Waals surface area (Å²) in [4.78, 5) is 12.0. The Bertz CT molecular complexity index is 668. The number of aryl methyl sites for hydroxylation is 1. The minimum absolute atomic E-state index is 0.117. The Balaban J connectivity index is 1.84. The lowest BCUT2D eigenvalue weighted by atomic mass is 10.2. The van der Waals surface area contributed by atoms with Gasteiger partial charge in [-0.15, -0.1) is 0 Å². The first-order chi connectivity index (χ1) is 11.6. The van der Waals surface area contributed by atoms with Gasteiger partial charge in [0.05, 0.1) is 26.7 Å². The number of hydrogen-bond acceptors (Lipinski definition) is 4. The lowest BCUT2D eigenvalue weighted by Crippen LogP contribution is -2.15. The molecule has 0 saturated heterocycles. The molecule has 1 N–H and O–H groups in total.